The van der Waals surface area contributed by atoms with Gasteiger partial charge in [-0.2, -0.15) is 0 Å². The summed E-state index contributed by atoms with van der Waals surface area (Å²) in [6, 6.07) is 3.36. The fourth-order valence-corrected chi connectivity index (χ4v) is 5.47. The van der Waals surface area contributed by atoms with Gasteiger partial charge >= 0.3 is 6.09 Å². The number of carbonyl (C=O) groups excluding carboxylic acids is 1. The number of nitrogens with one attached hydrogen (secondary N) is 3. The Hall–Kier alpha value is -3.66. The van der Waals surface area contributed by atoms with E-state index in [1.165, 1.54) is 6.20 Å². The lowest BCUT2D eigenvalue weighted by Gasteiger charge is -2.43. The number of fused-ring (bicyclic) bond motifs is 2. The number of aromatic nitrogens is 2. The molecule has 1 spiro atoms. The molecule has 3 aromatic rings. The van der Waals surface area contributed by atoms with Crippen LogP contribution in [0.1, 0.15) is 24.8 Å². The maximum absolute atomic E-state index is 15.3. The van der Waals surface area contributed by atoms with E-state index in [0.717, 1.165) is 43.6 Å². The summed E-state index contributed by atoms with van der Waals surface area (Å²) in [6.07, 6.45) is 5.32. The molecule has 0 unspecified atom stereocenters. The second-order valence-electron chi connectivity index (χ2n) is 9.68. The molecular weight excluding hydrogens is 451 g/mol. The number of hydrogen-bond donors (Lipinski definition) is 4. The van der Waals surface area contributed by atoms with Gasteiger partial charge in [0.2, 0.25) is 5.88 Å². The van der Waals surface area contributed by atoms with Crippen LogP contribution in [0.2, 0.25) is 0 Å². The zero-order valence-electron chi connectivity index (χ0n) is 19.4. The van der Waals surface area contributed by atoms with Gasteiger partial charge in [-0.25, -0.2) is 19.2 Å². The maximum Gasteiger partial charge on any atom is 0.413 e. The van der Waals surface area contributed by atoms with Crippen LogP contribution in [0, 0.1) is 18.2 Å². The van der Waals surface area contributed by atoms with Crippen LogP contribution in [-0.2, 0) is 4.74 Å². The summed E-state index contributed by atoms with van der Waals surface area (Å²) in [6.45, 7) is 5.08. The van der Waals surface area contributed by atoms with Crippen molar-refractivity contribution in [3.8, 4) is 17.0 Å². The topological polar surface area (TPSA) is 123 Å². The van der Waals surface area contributed by atoms with Gasteiger partial charge in [-0.1, -0.05) is 0 Å². The first-order valence-corrected chi connectivity index (χ1v) is 11.9. The molecule has 1 aromatic carbocycles. The van der Waals surface area contributed by atoms with Crippen molar-refractivity contribution in [2.24, 2.45) is 5.41 Å². The highest BCUT2D eigenvalue weighted by molar-refractivity contribution is 5.99. The molecule has 1 saturated heterocycles. The largest absolute Gasteiger partial charge is 0.474 e. The highest BCUT2D eigenvalue weighted by atomic mass is 19.1. The average Bonchev–Trinajstić information content (AvgIpc) is 3.32. The Balaban J connectivity index is 1.26. The lowest BCUT2D eigenvalue weighted by atomic mass is 9.66. The monoisotopic (exact) mass is 478 g/mol. The van der Waals surface area contributed by atoms with Gasteiger partial charge in [-0.15, -0.1) is 0 Å². The molecule has 0 radical (unpaired) electrons. The highest BCUT2D eigenvalue weighted by Gasteiger charge is 2.47. The Labute approximate surface area is 201 Å². The van der Waals surface area contributed by atoms with Crippen LogP contribution in [0.5, 0.6) is 5.88 Å². The predicted octanol–water partition coefficient (Wildman–Crippen LogP) is 3.82. The van der Waals surface area contributed by atoms with Gasteiger partial charge in [0.25, 0.3) is 0 Å². The van der Waals surface area contributed by atoms with Gasteiger partial charge < -0.3 is 25.8 Å². The van der Waals surface area contributed by atoms with E-state index >= 15 is 4.39 Å². The molecule has 2 fully saturated rings. The second kappa shape index (κ2) is 8.23. The Kier molecular flexibility index (Phi) is 5.14. The number of hydrogen-bond acceptors (Lipinski definition) is 8. The van der Waals surface area contributed by atoms with Gasteiger partial charge in [0.15, 0.2) is 5.82 Å². The van der Waals surface area contributed by atoms with Crippen LogP contribution in [0.15, 0.2) is 24.5 Å². The number of nitrogen functional groups attached to an aromatic ring is 1. The molecule has 9 nitrogen and oxygen atoms in total. The summed E-state index contributed by atoms with van der Waals surface area (Å²) in [4.78, 5) is 21.0. The van der Waals surface area contributed by atoms with Crippen molar-refractivity contribution >= 4 is 34.1 Å². The number of carbonyl (C=O) groups is 1. The molecule has 2 aromatic heterocycles. The fourth-order valence-electron chi connectivity index (χ4n) is 5.47. The minimum absolute atomic E-state index is 0.00889. The lowest BCUT2D eigenvalue weighted by molar-refractivity contribution is -0.0265. The van der Waals surface area contributed by atoms with Crippen LogP contribution >= 0.6 is 0 Å². The molecule has 10 heteroatoms. The van der Waals surface area contributed by atoms with E-state index < -0.39 is 11.9 Å². The number of halogens is 1. The van der Waals surface area contributed by atoms with Gasteiger partial charge in [0, 0.05) is 42.0 Å². The number of pyridine rings is 2. The molecule has 182 valence electrons. The Morgan fingerprint density at radius 1 is 1.26 bits per heavy atom. The molecule has 3 aliphatic rings. The molecule has 6 rings (SSSR count). The molecule has 1 aliphatic carbocycles. The van der Waals surface area contributed by atoms with E-state index in [2.05, 4.69) is 25.9 Å². The predicted molar refractivity (Wildman–Crippen MR) is 131 cm³/mol. The molecule has 1 saturated carbocycles. The van der Waals surface area contributed by atoms with Gasteiger partial charge in [-0.05, 0) is 61.2 Å². The molecule has 0 bridgehead atoms. The first-order chi connectivity index (χ1) is 16.9. The summed E-state index contributed by atoms with van der Waals surface area (Å²) in [7, 11) is 0. The highest BCUT2D eigenvalue weighted by Crippen LogP contribution is 2.47. The number of benzene rings is 1. The molecule has 1 amide bonds. The molecule has 5 N–H and O–H groups in total. The molecule has 2 aliphatic heterocycles. The van der Waals surface area contributed by atoms with E-state index in [4.69, 9.17) is 15.2 Å². The van der Waals surface area contributed by atoms with Gasteiger partial charge in [0.05, 0.1) is 5.69 Å². The lowest BCUT2D eigenvalue weighted by Crippen LogP contribution is -2.45. The summed E-state index contributed by atoms with van der Waals surface area (Å²) in [5.41, 5.74) is 8.93. The number of amides is 1. The number of nitrogens with zero attached hydrogens (tertiary/aromatic N) is 2. The number of nitrogens with two attached hydrogens (primary N) is 1. The van der Waals surface area contributed by atoms with E-state index in [0.29, 0.717) is 46.7 Å². The van der Waals surface area contributed by atoms with Crippen LogP contribution in [-0.4, -0.2) is 48.4 Å². The SMILES string of the molecule is Cc1c(-c2cc3cc(NC(=O)OC4CC5(CCNC5)C4)ncc3c(N)c2F)cnc2c1NCCO2. The van der Waals surface area contributed by atoms with Crippen molar-refractivity contribution in [1.29, 1.82) is 0 Å². The first kappa shape index (κ1) is 21.8. The molecular formula is C25H27FN6O3. The van der Waals surface area contributed by atoms with Crippen molar-refractivity contribution < 1.29 is 18.7 Å². The number of anilines is 3. The molecule has 4 heterocycles. The Bertz CT molecular complexity index is 1330. The zero-order chi connectivity index (χ0) is 24.2. The number of rotatable bonds is 3. The van der Waals surface area contributed by atoms with E-state index in [9.17, 15) is 4.79 Å². The standard InChI is InChI=1S/C25H27FN6O3/c1-13-17(10-31-23-22(13)29-4-5-34-23)16-6-14-7-19(30-11-18(14)21(27)20(16)26)32-24(33)35-15-8-25(9-15)2-3-28-12-25/h6-7,10-11,15,28-29H,2-5,8-9,12,27H2,1H3,(H,30,32,33). The third-order valence-electron chi connectivity index (χ3n) is 7.39. The molecule has 0 atom stereocenters. The van der Waals surface area contributed by atoms with Crippen molar-refractivity contribution in [2.45, 2.75) is 32.3 Å². The normalized spacial score (nSPS) is 22.7. The van der Waals surface area contributed by atoms with Crippen LogP contribution in [0.4, 0.5) is 26.4 Å². The van der Waals surface area contributed by atoms with Crippen LogP contribution < -0.4 is 26.4 Å². The van der Waals surface area contributed by atoms with Gasteiger partial charge in [-0.3, -0.25) is 5.32 Å². The summed E-state index contributed by atoms with van der Waals surface area (Å²) in [5, 5.41) is 10.4. The van der Waals surface area contributed by atoms with Crippen molar-refractivity contribution in [3.05, 3.63) is 35.9 Å². The smallest absolute Gasteiger partial charge is 0.413 e. The third kappa shape index (κ3) is 3.78. The second-order valence-corrected chi connectivity index (χ2v) is 9.68. The van der Waals surface area contributed by atoms with E-state index in [1.54, 1.807) is 18.3 Å². The maximum atomic E-state index is 15.3. The quantitative estimate of drug-likeness (QED) is 0.419. The van der Waals surface area contributed by atoms with Crippen LogP contribution in [0.3, 0.4) is 0 Å². The van der Waals surface area contributed by atoms with Crippen molar-refractivity contribution in [3.63, 3.8) is 0 Å². The summed E-state index contributed by atoms with van der Waals surface area (Å²) < 4.78 is 26.5. The van der Waals surface area contributed by atoms with Crippen molar-refractivity contribution in [1.82, 2.24) is 15.3 Å². The zero-order valence-corrected chi connectivity index (χ0v) is 19.4. The average molecular weight is 479 g/mol. The summed E-state index contributed by atoms with van der Waals surface area (Å²) in [5.74, 6) is 0.273. The van der Waals surface area contributed by atoms with Crippen molar-refractivity contribution in [2.75, 3.05) is 42.6 Å². The van der Waals surface area contributed by atoms with Crippen LogP contribution in [0.25, 0.3) is 21.9 Å². The first-order valence-electron chi connectivity index (χ1n) is 11.9. The molecule has 35 heavy (non-hydrogen) atoms. The minimum atomic E-state index is -0.543. The summed E-state index contributed by atoms with van der Waals surface area (Å²) >= 11 is 0. The number of ether oxygens (including phenoxy) is 2. The Morgan fingerprint density at radius 2 is 2.11 bits per heavy atom. The van der Waals surface area contributed by atoms with Gasteiger partial charge in [0.1, 0.15) is 24.2 Å². The van der Waals surface area contributed by atoms with E-state index in [1.807, 2.05) is 6.92 Å². The Morgan fingerprint density at radius 3 is 2.91 bits per heavy atom. The fraction of sp³-hybridized carbons (Fsp3) is 0.400. The minimum Gasteiger partial charge on any atom is -0.474 e. The third-order valence-corrected chi connectivity index (χ3v) is 7.39. The van der Waals surface area contributed by atoms with E-state index in [-0.39, 0.29) is 17.2 Å².